The molecule has 0 aromatic heterocycles. The molecule has 0 N–H and O–H groups in total. The van der Waals surface area contributed by atoms with Gasteiger partial charge in [-0.25, -0.2) is 8.78 Å². The largest absolute Gasteiger partial charge is 0.488 e. The standard InChI is InChI=1S/C17H23F3O/c1-2-3-12-4-6-13(7-5-12)14-8-9-15(21-11-10-18)17(20)16(14)19/h8-9,12-13H,2-7,10-11H2,1H3. The van der Waals surface area contributed by atoms with Crippen LogP contribution in [-0.4, -0.2) is 13.3 Å². The molecule has 1 fully saturated rings. The minimum Gasteiger partial charge on any atom is -0.488 e. The van der Waals surface area contributed by atoms with Crippen LogP contribution >= 0.6 is 0 Å². The van der Waals surface area contributed by atoms with Crippen molar-refractivity contribution in [2.24, 2.45) is 5.92 Å². The summed E-state index contributed by atoms with van der Waals surface area (Å²) in [5, 5.41) is 0. The van der Waals surface area contributed by atoms with Crippen LogP contribution in [0.5, 0.6) is 5.75 Å². The minimum atomic E-state index is -0.989. The lowest BCUT2D eigenvalue weighted by Crippen LogP contribution is -2.15. The molecule has 2 rings (SSSR count). The average Bonchev–Trinajstić information content (AvgIpc) is 2.50. The molecule has 118 valence electrons. The quantitative estimate of drug-likeness (QED) is 0.684. The van der Waals surface area contributed by atoms with E-state index in [4.69, 9.17) is 4.74 Å². The highest BCUT2D eigenvalue weighted by Gasteiger charge is 2.26. The van der Waals surface area contributed by atoms with Gasteiger partial charge >= 0.3 is 0 Å². The second-order valence-corrected chi connectivity index (χ2v) is 5.82. The van der Waals surface area contributed by atoms with Gasteiger partial charge in [-0.15, -0.1) is 0 Å². The highest BCUT2D eigenvalue weighted by Crippen LogP contribution is 2.39. The lowest BCUT2D eigenvalue weighted by Gasteiger charge is -2.29. The summed E-state index contributed by atoms with van der Waals surface area (Å²) >= 11 is 0. The van der Waals surface area contributed by atoms with E-state index in [-0.39, 0.29) is 18.3 Å². The van der Waals surface area contributed by atoms with E-state index in [9.17, 15) is 13.2 Å². The van der Waals surface area contributed by atoms with E-state index in [0.29, 0.717) is 5.56 Å². The number of benzene rings is 1. The van der Waals surface area contributed by atoms with Crippen molar-refractivity contribution in [3.63, 3.8) is 0 Å². The first-order valence-corrected chi connectivity index (χ1v) is 7.84. The number of hydrogen-bond donors (Lipinski definition) is 0. The molecule has 1 aromatic rings. The van der Waals surface area contributed by atoms with Crippen molar-refractivity contribution in [2.45, 2.75) is 51.4 Å². The van der Waals surface area contributed by atoms with Gasteiger partial charge in [0.1, 0.15) is 13.3 Å². The third kappa shape index (κ3) is 3.92. The van der Waals surface area contributed by atoms with Crippen molar-refractivity contribution in [2.75, 3.05) is 13.3 Å². The van der Waals surface area contributed by atoms with Gasteiger partial charge in [-0.1, -0.05) is 25.8 Å². The Labute approximate surface area is 124 Å². The normalized spacial score (nSPS) is 22.3. The summed E-state index contributed by atoms with van der Waals surface area (Å²) in [5.41, 5.74) is 0.440. The first-order chi connectivity index (χ1) is 10.2. The predicted octanol–water partition coefficient (Wildman–Crippen LogP) is 5.39. The van der Waals surface area contributed by atoms with Gasteiger partial charge in [-0.3, -0.25) is 0 Å². The SMILES string of the molecule is CCCC1CCC(c2ccc(OCCF)c(F)c2F)CC1. The van der Waals surface area contributed by atoms with E-state index in [1.54, 1.807) is 6.07 Å². The first-order valence-electron chi connectivity index (χ1n) is 7.84. The number of halogens is 3. The zero-order chi connectivity index (χ0) is 15.2. The van der Waals surface area contributed by atoms with Gasteiger partial charge in [-0.2, -0.15) is 4.39 Å². The number of alkyl halides is 1. The van der Waals surface area contributed by atoms with Crippen molar-refractivity contribution in [3.8, 4) is 5.75 Å². The molecular formula is C17H23F3O. The Morgan fingerprint density at radius 3 is 2.43 bits per heavy atom. The molecule has 0 spiro atoms. The summed E-state index contributed by atoms with van der Waals surface area (Å²) in [4.78, 5) is 0. The first kappa shape index (κ1) is 16.2. The topological polar surface area (TPSA) is 9.23 Å². The second kappa shape index (κ2) is 7.71. The fourth-order valence-corrected chi connectivity index (χ4v) is 3.29. The second-order valence-electron chi connectivity index (χ2n) is 5.82. The van der Waals surface area contributed by atoms with E-state index < -0.39 is 18.3 Å². The maximum absolute atomic E-state index is 14.2. The van der Waals surface area contributed by atoms with Crippen molar-refractivity contribution in [3.05, 3.63) is 29.3 Å². The van der Waals surface area contributed by atoms with Crippen LogP contribution in [0.1, 0.15) is 56.9 Å². The molecule has 1 aliphatic rings. The van der Waals surface area contributed by atoms with E-state index in [1.807, 2.05) is 0 Å². The Kier molecular flexibility index (Phi) is 5.95. The van der Waals surface area contributed by atoms with Gasteiger partial charge < -0.3 is 4.74 Å². The van der Waals surface area contributed by atoms with Crippen LogP contribution < -0.4 is 4.74 Å². The van der Waals surface area contributed by atoms with Crippen molar-refractivity contribution in [1.29, 1.82) is 0 Å². The summed E-state index contributed by atoms with van der Waals surface area (Å²) in [6.45, 7) is 1.21. The monoisotopic (exact) mass is 300 g/mol. The van der Waals surface area contributed by atoms with Gasteiger partial charge in [0.2, 0.25) is 5.82 Å². The van der Waals surface area contributed by atoms with Crippen LogP contribution in [0.2, 0.25) is 0 Å². The molecule has 1 saturated carbocycles. The molecule has 1 aromatic carbocycles. The van der Waals surface area contributed by atoms with Crippen molar-refractivity contribution in [1.82, 2.24) is 0 Å². The molecule has 0 saturated heterocycles. The summed E-state index contributed by atoms with van der Waals surface area (Å²) in [6.07, 6.45) is 6.38. The summed E-state index contributed by atoms with van der Waals surface area (Å²) in [5.74, 6) is -1.20. The molecule has 0 heterocycles. The Morgan fingerprint density at radius 1 is 1.10 bits per heavy atom. The zero-order valence-corrected chi connectivity index (χ0v) is 12.5. The Morgan fingerprint density at radius 2 is 1.81 bits per heavy atom. The number of ether oxygens (including phenoxy) is 1. The number of rotatable bonds is 6. The Balaban J connectivity index is 2.06. The molecule has 0 atom stereocenters. The molecule has 0 bridgehead atoms. The third-order valence-electron chi connectivity index (χ3n) is 4.39. The molecule has 0 aliphatic heterocycles. The summed E-state index contributed by atoms with van der Waals surface area (Å²) in [6, 6.07) is 3.01. The molecule has 21 heavy (non-hydrogen) atoms. The average molecular weight is 300 g/mol. The lowest BCUT2D eigenvalue weighted by atomic mass is 9.77. The van der Waals surface area contributed by atoms with Crippen LogP contribution in [0.25, 0.3) is 0 Å². The fraction of sp³-hybridized carbons (Fsp3) is 0.647. The maximum atomic E-state index is 14.2. The molecule has 0 unspecified atom stereocenters. The molecule has 1 aliphatic carbocycles. The van der Waals surface area contributed by atoms with E-state index in [0.717, 1.165) is 31.6 Å². The van der Waals surface area contributed by atoms with E-state index in [2.05, 4.69) is 6.92 Å². The third-order valence-corrected chi connectivity index (χ3v) is 4.39. The Bertz CT molecular complexity index is 454. The lowest BCUT2D eigenvalue weighted by molar-refractivity contribution is 0.257. The van der Waals surface area contributed by atoms with Gasteiger partial charge in [0.05, 0.1) is 0 Å². The zero-order valence-electron chi connectivity index (χ0n) is 12.5. The highest BCUT2D eigenvalue weighted by atomic mass is 19.2. The van der Waals surface area contributed by atoms with E-state index >= 15 is 0 Å². The van der Waals surface area contributed by atoms with Gasteiger partial charge in [-0.05, 0) is 49.1 Å². The van der Waals surface area contributed by atoms with Crippen LogP contribution in [0.4, 0.5) is 13.2 Å². The molecular weight excluding hydrogens is 277 g/mol. The van der Waals surface area contributed by atoms with Gasteiger partial charge in [0.15, 0.2) is 11.6 Å². The maximum Gasteiger partial charge on any atom is 0.200 e. The van der Waals surface area contributed by atoms with Gasteiger partial charge in [0, 0.05) is 0 Å². The molecule has 4 heteroatoms. The minimum absolute atomic E-state index is 0.0860. The Hall–Kier alpha value is -1.19. The van der Waals surface area contributed by atoms with Crippen molar-refractivity contribution >= 4 is 0 Å². The molecule has 0 radical (unpaired) electrons. The van der Waals surface area contributed by atoms with Crippen LogP contribution in [0, 0.1) is 17.6 Å². The van der Waals surface area contributed by atoms with Crippen LogP contribution in [-0.2, 0) is 0 Å². The smallest absolute Gasteiger partial charge is 0.200 e. The number of hydrogen-bond acceptors (Lipinski definition) is 1. The summed E-state index contributed by atoms with van der Waals surface area (Å²) in [7, 11) is 0. The predicted molar refractivity (Wildman–Crippen MR) is 77.4 cm³/mol. The van der Waals surface area contributed by atoms with E-state index in [1.165, 1.54) is 18.9 Å². The summed E-state index contributed by atoms with van der Waals surface area (Å²) < 4.78 is 45.0. The highest BCUT2D eigenvalue weighted by molar-refractivity contribution is 5.33. The molecule has 1 nitrogen and oxygen atoms in total. The fourth-order valence-electron chi connectivity index (χ4n) is 3.29. The van der Waals surface area contributed by atoms with Crippen LogP contribution in [0.15, 0.2) is 12.1 Å². The van der Waals surface area contributed by atoms with Crippen molar-refractivity contribution < 1.29 is 17.9 Å². The van der Waals surface area contributed by atoms with Crippen LogP contribution in [0.3, 0.4) is 0 Å². The molecule has 0 amide bonds. The van der Waals surface area contributed by atoms with Gasteiger partial charge in [0.25, 0.3) is 0 Å².